The van der Waals surface area contributed by atoms with Gasteiger partial charge in [-0.2, -0.15) is 4.98 Å². The number of hydrogen-bond donors (Lipinski definition) is 5. The number of urea groups is 1. The van der Waals surface area contributed by atoms with E-state index in [2.05, 4.69) is 59.4 Å². The lowest BCUT2D eigenvalue weighted by Crippen LogP contribution is -2.60. The number of aliphatic hydroxyl groups excluding tert-OH is 1. The van der Waals surface area contributed by atoms with Crippen LogP contribution in [0.5, 0.6) is 0 Å². The van der Waals surface area contributed by atoms with Crippen LogP contribution in [0.2, 0.25) is 0 Å². The van der Waals surface area contributed by atoms with Crippen molar-refractivity contribution in [2.75, 3.05) is 56.0 Å². The van der Waals surface area contributed by atoms with Crippen LogP contribution in [0.4, 0.5) is 22.1 Å². The summed E-state index contributed by atoms with van der Waals surface area (Å²) in [4.78, 5) is 83.3. The molecule has 0 bridgehead atoms. The number of rotatable bonds is 15. The summed E-state index contributed by atoms with van der Waals surface area (Å²) in [5.41, 5.74) is 5.52. The zero-order chi connectivity index (χ0) is 56.5. The molecule has 0 unspecified atom stereocenters. The number of pyridine rings is 1. The fourth-order valence-electron chi connectivity index (χ4n) is 12.2. The molecule has 10 rings (SSSR count). The Bertz CT molecular complexity index is 3230. The Morgan fingerprint density at radius 2 is 1.56 bits per heavy atom. The minimum atomic E-state index is -1.18. The van der Waals surface area contributed by atoms with Crippen LogP contribution >= 0.6 is 11.3 Å². The van der Waals surface area contributed by atoms with Gasteiger partial charge in [-0.25, -0.2) is 29.1 Å². The molecule has 4 aliphatic rings. The highest BCUT2D eigenvalue weighted by Gasteiger charge is 2.45. The number of β-amino-alcohol motifs (C(OH)–C–C–N with tert-alkyl or cyclic N) is 1. The second-order valence-electron chi connectivity index (χ2n) is 23.8. The second kappa shape index (κ2) is 23.6. The predicted molar refractivity (Wildman–Crippen MR) is 312 cm³/mol. The van der Waals surface area contributed by atoms with Gasteiger partial charge < -0.3 is 40.9 Å². The number of nitrogens with zero attached hydrogens (tertiary/aromatic N) is 10. The van der Waals surface area contributed by atoms with E-state index in [1.54, 1.807) is 54.1 Å². The smallest absolute Gasteiger partial charge is 0.318 e. The topological polar surface area (TPSA) is 219 Å². The Balaban J connectivity index is 0.670. The zero-order valence-corrected chi connectivity index (χ0v) is 47.8. The first-order valence-corrected chi connectivity index (χ1v) is 29.2. The standard InChI is InChI=1S/C60H77N13O6S/c1-8-26-72-55(76)47-35-62-57(67-53(47)73(72)50-11-9-10-49(65-50)60(6,7)79)64-43-18-22-45(23-19-43)69-31-29-68(30-32-69)44-20-16-40(17-21-44)41-24-27-70(28-25-41)58(78)66-52(59(3,4)5)56(77)71-36-46(74)33-48(71)54(75)61-34-39-12-14-42(15-13-39)51-38(2)63-37-80-51/h8-15,18-19,22-23,35,37,40-41,44,46,48,52,74,79H,1,16-17,20-21,24-34,36H2,2-7H3,(H,61,75)(H,66,78)(H,62,64,67)/t40?,44?,46-,48+,52-/m1/s1. The maximum absolute atomic E-state index is 14.3. The van der Waals surface area contributed by atoms with Crippen molar-refractivity contribution in [1.29, 1.82) is 0 Å². The number of hydrogen-bond acceptors (Lipinski definition) is 14. The SMILES string of the molecule is C=CCn1c(=O)c2cnc(Nc3ccc(N4CCN(C5CCC(C6CCN(C(=O)N[C@H](C(=O)N7C[C@H](O)C[C@H]7C(=O)NCc7ccc(-c8scnc8C)cc7)C(C)(C)C)CC6)CC5)CC4)cc3)nc2n1-c1cccc(C(C)(C)O)n1. The van der Waals surface area contributed by atoms with Crippen LogP contribution in [0, 0.1) is 24.2 Å². The molecular formula is C60H77N13O6S. The van der Waals surface area contributed by atoms with E-state index < -0.39 is 29.2 Å². The van der Waals surface area contributed by atoms with Gasteiger partial charge >= 0.3 is 6.03 Å². The summed E-state index contributed by atoms with van der Waals surface area (Å²) in [6.07, 6.45) is 9.07. The number of fused-ring (bicyclic) bond motifs is 1. The molecule has 3 atom stereocenters. The molecule has 0 radical (unpaired) electrons. The van der Waals surface area contributed by atoms with Gasteiger partial charge in [-0.3, -0.25) is 19.3 Å². The molecule has 5 N–H and O–H groups in total. The Hall–Kier alpha value is -7.00. The van der Waals surface area contributed by atoms with E-state index >= 15 is 0 Å². The van der Waals surface area contributed by atoms with Crippen LogP contribution in [0.25, 0.3) is 27.3 Å². The van der Waals surface area contributed by atoms with Gasteiger partial charge in [0.25, 0.3) is 5.56 Å². The molecule has 7 heterocycles. The van der Waals surface area contributed by atoms with Crippen molar-refractivity contribution in [3.8, 4) is 16.3 Å². The van der Waals surface area contributed by atoms with E-state index in [0.29, 0.717) is 59.5 Å². The molecule has 4 aromatic heterocycles. The molecule has 1 saturated carbocycles. The second-order valence-corrected chi connectivity index (χ2v) is 24.6. The molecule has 6 aromatic rings. The average molecular weight is 1110 g/mol. The summed E-state index contributed by atoms with van der Waals surface area (Å²) in [7, 11) is 0. The Morgan fingerprint density at radius 3 is 2.21 bits per heavy atom. The molecule has 1 aliphatic carbocycles. The number of likely N-dealkylation sites (tertiary alicyclic amines) is 2. The number of thiazole rings is 1. The van der Waals surface area contributed by atoms with Crippen molar-refractivity contribution < 1.29 is 24.6 Å². The number of amides is 4. The quantitative estimate of drug-likeness (QED) is 0.0636. The minimum absolute atomic E-state index is 0.0287. The van der Waals surface area contributed by atoms with E-state index in [1.807, 2.05) is 74.5 Å². The molecule has 80 heavy (non-hydrogen) atoms. The van der Waals surface area contributed by atoms with E-state index in [0.717, 1.165) is 72.1 Å². The van der Waals surface area contributed by atoms with Crippen molar-refractivity contribution >= 4 is 57.5 Å². The molecule has 3 saturated heterocycles. The first-order valence-electron chi connectivity index (χ1n) is 28.3. The molecule has 4 amide bonds. The molecule has 19 nitrogen and oxygen atoms in total. The lowest BCUT2D eigenvalue weighted by Gasteiger charge is -2.44. The third-order valence-corrected chi connectivity index (χ3v) is 17.8. The average Bonchev–Trinajstić information content (AvgIpc) is 4.16. The van der Waals surface area contributed by atoms with E-state index in [-0.39, 0.29) is 49.5 Å². The normalized spacial score (nSPS) is 20.9. The van der Waals surface area contributed by atoms with Crippen LogP contribution in [-0.4, -0.2) is 142 Å². The van der Waals surface area contributed by atoms with Crippen LogP contribution in [-0.2, 0) is 28.3 Å². The summed E-state index contributed by atoms with van der Waals surface area (Å²) >= 11 is 1.59. The van der Waals surface area contributed by atoms with E-state index in [4.69, 9.17) is 4.98 Å². The van der Waals surface area contributed by atoms with Gasteiger partial charge in [0.15, 0.2) is 11.5 Å². The fourth-order valence-corrected chi connectivity index (χ4v) is 13.0. The van der Waals surface area contributed by atoms with Crippen LogP contribution in [0.3, 0.4) is 0 Å². The monoisotopic (exact) mass is 1110 g/mol. The Kier molecular flexibility index (Phi) is 16.6. The number of carbonyl (C=O) groups is 3. The molecule has 2 aromatic carbocycles. The first kappa shape index (κ1) is 56.3. The summed E-state index contributed by atoms with van der Waals surface area (Å²) in [5, 5.41) is 31.2. The number of aromatic nitrogens is 6. The number of aryl methyl sites for hydroxylation is 1. The minimum Gasteiger partial charge on any atom is -0.391 e. The lowest BCUT2D eigenvalue weighted by atomic mass is 9.74. The predicted octanol–water partition coefficient (Wildman–Crippen LogP) is 7.36. The highest BCUT2D eigenvalue weighted by Crippen LogP contribution is 2.38. The maximum Gasteiger partial charge on any atom is 0.318 e. The van der Waals surface area contributed by atoms with Crippen molar-refractivity contribution in [3.63, 3.8) is 0 Å². The number of benzene rings is 2. The summed E-state index contributed by atoms with van der Waals surface area (Å²) in [5.74, 6) is 1.28. The van der Waals surface area contributed by atoms with Gasteiger partial charge in [0.05, 0.1) is 34.4 Å². The van der Waals surface area contributed by atoms with Gasteiger partial charge in [-0.15, -0.1) is 17.9 Å². The fraction of sp³-hybridized carbons (Fsp3) is 0.500. The number of carbonyl (C=O) groups excluding carboxylic acids is 3. The van der Waals surface area contributed by atoms with Crippen molar-refractivity contribution in [1.82, 2.24) is 54.6 Å². The van der Waals surface area contributed by atoms with Gasteiger partial charge in [0.2, 0.25) is 17.8 Å². The van der Waals surface area contributed by atoms with Gasteiger partial charge in [0, 0.05) is 82.4 Å². The van der Waals surface area contributed by atoms with Crippen molar-refractivity contribution in [2.45, 2.75) is 129 Å². The molecule has 20 heteroatoms. The largest absolute Gasteiger partial charge is 0.391 e. The van der Waals surface area contributed by atoms with Gasteiger partial charge in [0.1, 0.15) is 23.1 Å². The molecule has 0 spiro atoms. The number of aliphatic hydroxyl groups is 2. The molecule has 3 aliphatic heterocycles. The summed E-state index contributed by atoms with van der Waals surface area (Å²) in [6.45, 7) is 20.6. The Morgan fingerprint density at radius 1 is 0.863 bits per heavy atom. The van der Waals surface area contributed by atoms with Crippen molar-refractivity contribution in [3.05, 3.63) is 118 Å². The number of anilines is 3. The van der Waals surface area contributed by atoms with Crippen LogP contribution < -0.4 is 26.4 Å². The maximum atomic E-state index is 14.3. The molecule has 424 valence electrons. The van der Waals surface area contributed by atoms with E-state index in [9.17, 15) is 29.4 Å². The lowest BCUT2D eigenvalue weighted by molar-refractivity contribution is -0.142. The van der Waals surface area contributed by atoms with Crippen LogP contribution in [0.15, 0.2) is 95.9 Å². The summed E-state index contributed by atoms with van der Waals surface area (Å²) < 4.78 is 3.16. The highest BCUT2D eigenvalue weighted by atomic mass is 32.1. The molecular weight excluding hydrogens is 1030 g/mol. The van der Waals surface area contributed by atoms with E-state index in [1.165, 1.54) is 41.5 Å². The zero-order valence-electron chi connectivity index (χ0n) is 47.0. The Labute approximate surface area is 472 Å². The number of piperidine rings is 1. The molecule has 4 fully saturated rings. The van der Waals surface area contributed by atoms with Crippen LogP contribution in [0.1, 0.15) is 96.5 Å². The number of nitrogens with one attached hydrogen (secondary N) is 3. The van der Waals surface area contributed by atoms with Crippen molar-refractivity contribution in [2.24, 2.45) is 17.3 Å². The number of piperazine rings is 1. The third kappa shape index (κ3) is 12.3. The third-order valence-electron chi connectivity index (χ3n) is 16.8. The van der Waals surface area contributed by atoms with Gasteiger partial charge in [-0.1, -0.05) is 57.2 Å². The first-order chi connectivity index (χ1) is 38.3. The highest BCUT2D eigenvalue weighted by molar-refractivity contribution is 7.13. The van der Waals surface area contributed by atoms with Gasteiger partial charge in [-0.05, 0) is 124 Å². The summed E-state index contributed by atoms with van der Waals surface area (Å²) in [6, 6.07) is 20.2. The number of allylic oxidation sites excluding steroid dienone is 1.